The zero-order valence-electron chi connectivity index (χ0n) is 19.2. The van der Waals surface area contributed by atoms with E-state index in [0.717, 1.165) is 11.1 Å². The van der Waals surface area contributed by atoms with Crippen LogP contribution in [-0.4, -0.2) is 33.4 Å². The zero-order valence-corrected chi connectivity index (χ0v) is 20.8. The number of nitrogens with one attached hydrogen (secondary N) is 2. The number of methoxy groups -OCH3 is 1. The van der Waals surface area contributed by atoms with E-state index in [9.17, 15) is 18.0 Å². The van der Waals surface area contributed by atoms with Crippen LogP contribution in [-0.2, 0) is 37.2 Å². The molecule has 0 spiro atoms. The molecule has 0 aliphatic heterocycles. The predicted octanol–water partition coefficient (Wildman–Crippen LogP) is 4.36. The van der Waals surface area contributed by atoms with E-state index in [0.29, 0.717) is 23.6 Å². The highest BCUT2D eigenvalue weighted by atomic mass is 35.5. The summed E-state index contributed by atoms with van der Waals surface area (Å²) in [7, 11) is -2.61. The second kappa shape index (κ2) is 12.5. The molecule has 0 bridgehead atoms. The second-order valence-corrected chi connectivity index (χ2v) is 10.1. The number of hydrogen-bond acceptors (Lipinski definition) is 5. The fourth-order valence-corrected chi connectivity index (χ4v) is 4.76. The Bertz CT molecular complexity index is 1230. The first-order valence-electron chi connectivity index (χ1n) is 11.1. The molecule has 0 heterocycles. The van der Waals surface area contributed by atoms with Gasteiger partial charge in [0.25, 0.3) is 0 Å². The van der Waals surface area contributed by atoms with Crippen LogP contribution in [0.2, 0.25) is 5.02 Å². The van der Waals surface area contributed by atoms with E-state index in [1.165, 1.54) is 31.4 Å². The van der Waals surface area contributed by atoms with Crippen LogP contribution in [0.15, 0.2) is 83.8 Å². The maximum Gasteiger partial charge on any atom is 0.305 e. The molecule has 3 aromatic rings. The summed E-state index contributed by atoms with van der Waals surface area (Å²) >= 11 is 5.88. The third kappa shape index (κ3) is 8.20. The van der Waals surface area contributed by atoms with E-state index in [-0.39, 0.29) is 23.7 Å². The molecule has 1 amide bonds. The molecule has 0 aromatic heterocycles. The van der Waals surface area contributed by atoms with Gasteiger partial charge in [-0.25, -0.2) is 8.42 Å². The first kappa shape index (κ1) is 26.4. The van der Waals surface area contributed by atoms with E-state index in [1.807, 2.05) is 30.3 Å². The Kier molecular flexibility index (Phi) is 9.42. The minimum atomic E-state index is -3.96. The summed E-state index contributed by atoms with van der Waals surface area (Å²) in [5.41, 5.74) is 2.43. The lowest BCUT2D eigenvalue weighted by Crippen LogP contribution is -2.44. The molecule has 184 valence electrons. The summed E-state index contributed by atoms with van der Waals surface area (Å²) in [6.07, 6.45) is 1.55. The van der Waals surface area contributed by atoms with Crippen molar-refractivity contribution in [2.75, 3.05) is 12.4 Å². The van der Waals surface area contributed by atoms with Crippen LogP contribution in [0, 0.1) is 0 Å². The molecule has 9 heteroatoms. The van der Waals surface area contributed by atoms with Crippen molar-refractivity contribution in [2.45, 2.75) is 36.6 Å². The molecule has 1 unspecified atom stereocenters. The molecule has 3 aromatic carbocycles. The van der Waals surface area contributed by atoms with Crippen molar-refractivity contribution in [3.05, 3.63) is 95.0 Å². The number of amides is 1. The molecule has 2 N–H and O–H groups in total. The van der Waals surface area contributed by atoms with Crippen LogP contribution in [0.4, 0.5) is 5.69 Å². The Labute approximate surface area is 210 Å². The molecule has 35 heavy (non-hydrogen) atoms. The molecule has 0 aliphatic carbocycles. The number of aryl methyl sites for hydroxylation is 2. The molecule has 0 aliphatic rings. The minimum absolute atomic E-state index is 0.0226. The second-order valence-electron chi connectivity index (χ2n) is 7.91. The molecule has 0 fully saturated rings. The summed E-state index contributed by atoms with van der Waals surface area (Å²) < 4.78 is 33.1. The van der Waals surface area contributed by atoms with Crippen molar-refractivity contribution >= 4 is 39.2 Å². The van der Waals surface area contributed by atoms with Crippen LogP contribution < -0.4 is 10.0 Å². The van der Waals surface area contributed by atoms with Gasteiger partial charge >= 0.3 is 5.97 Å². The normalized spacial score (nSPS) is 12.1. The van der Waals surface area contributed by atoms with Gasteiger partial charge in [-0.3, -0.25) is 9.59 Å². The fourth-order valence-electron chi connectivity index (χ4n) is 3.40. The van der Waals surface area contributed by atoms with E-state index >= 15 is 0 Å². The summed E-state index contributed by atoms with van der Waals surface area (Å²) in [6, 6.07) is 21.3. The molecule has 7 nitrogen and oxygen atoms in total. The number of hydrogen-bond donors (Lipinski definition) is 2. The average Bonchev–Trinajstić information content (AvgIpc) is 2.86. The van der Waals surface area contributed by atoms with Gasteiger partial charge in [0, 0.05) is 17.1 Å². The highest BCUT2D eigenvalue weighted by molar-refractivity contribution is 7.89. The van der Waals surface area contributed by atoms with Gasteiger partial charge in [-0.15, -0.1) is 0 Å². The zero-order chi connectivity index (χ0) is 25.3. The number of halogens is 1. The van der Waals surface area contributed by atoms with Crippen molar-refractivity contribution in [2.24, 2.45) is 0 Å². The number of benzene rings is 3. The van der Waals surface area contributed by atoms with Gasteiger partial charge in [0.05, 0.1) is 12.0 Å². The van der Waals surface area contributed by atoms with Crippen molar-refractivity contribution in [1.82, 2.24) is 4.72 Å². The first-order chi connectivity index (χ1) is 16.8. The number of ether oxygens (including phenoxy) is 1. The quantitative estimate of drug-likeness (QED) is 0.370. The number of rotatable bonds is 11. The smallest absolute Gasteiger partial charge is 0.305 e. The number of anilines is 1. The van der Waals surface area contributed by atoms with Gasteiger partial charge < -0.3 is 10.1 Å². The largest absolute Gasteiger partial charge is 0.469 e. The molecule has 0 saturated carbocycles. The summed E-state index contributed by atoms with van der Waals surface area (Å²) in [6.45, 7) is 0. The third-order valence-electron chi connectivity index (χ3n) is 5.37. The van der Waals surface area contributed by atoms with Crippen molar-refractivity contribution in [3.63, 3.8) is 0 Å². The lowest BCUT2D eigenvalue weighted by atomic mass is 10.1. The monoisotopic (exact) mass is 514 g/mol. The fraction of sp³-hybridized carbons (Fsp3) is 0.231. The maximum atomic E-state index is 13.1. The number of sulfonamides is 1. The van der Waals surface area contributed by atoms with E-state index in [2.05, 4.69) is 14.8 Å². The number of esters is 1. The molecular weight excluding hydrogens is 488 g/mol. The predicted molar refractivity (Wildman–Crippen MR) is 136 cm³/mol. The van der Waals surface area contributed by atoms with Crippen molar-refractivity contribution in [3.8, 4) is 0 Å². The van der Waals surface area contributed by atoms with Gasteiger partial charge in [0.1, 0.15) is 6.04 Å². The van der Waals surface area contributed by atoms with Crippen LogP contribution >= 0.6 is 11.6 Å². The Morgan fingerprint density at radius 2 is 1.51 bits per heavy atom. The standard InChI is InChI=1S/C26H27ClN2O5S/c1-34-25(30)18-10-20-7-13-22(14-8-20)28-26(31)24(17-9-19-5-3-2-4-6-19)29-35(32,33)23-15-11-21(27)12-16-23/h2-8,11-16,24,29H,9-10,17-18H2,1H3,(H,28,31). The van der Waals surface area contributed by atoms with E-state index in [4.69, 9.17) is 11.6 Å². The minimum Gasteiger partial charge on any atom is -0.469 e. The summed E-state index contributed by atoms with van der Waals surface area (Å²) in [4.78, 5) is 24.5. The highest BCUT2D eigenvalue weighted by Gasteiger charge is 2.26. The van der Waals surface area contributed by atoms with E-state index < -0.39 is 22.0 Å². The lowest BCUT2D eigenvalue weighted by molar-refractivity contribution is -0.140. The lowest BCUT2D eigenvalue weighted by Gasteiger charge is -2.19. The third-order valence-corrected chi connectivity index (χ3v) is 7.11. The van der Waals surface area contributed by atoms with Gasteiger partial charge in [-0.2, -0.15) is 4.72 Å². The number of carbonyl (C=O) groups excluding carboxylic acids is 2. The van der Waals surface area contributed by atoms with Crippen LogP contribution in [0.5, 0.6) is 0 Å². The Morgan fingerprint density at radius 3 is 2.14 bits per heavy atom. The van der Waals surface area contributed by atoms with Crippen molar-refractivity contribution in [1.29, 1.82) is 0 Å². The topological polar surface area (TPSA) is 102 Å². The Balaban J connectivity index is 1.72. The maximum absolute atomic E-state index is 13.1. The van der Waals surface area contributed by atoms with Gasteiger partial charge in [-0.1, -0.05) is 54.1 Å². The molecule has 0 radical (unpaired) electrons. The van der Waals surface area contributed by atoms with Gasteiger partial charge in [-0.05, 0) is 66.8 Å². The molecular formula is C26H27ClN2O5S. The van der Waals surface area contributed by atoms with Gasteiger partial charge in [0.15, 0.2) is 0 Å². The summed E-state index contributed by atoms with van der Waals surface area (Å²) in [5.74, 6) is -0.766. The first-order valence-corrected chi connectivity index (χ1v) is 12.9. The molecule has 3 rings (SSSR count). The average molecular weight is 515 g/mol. The molecule has 0 saturated heterocycles. The van der Waals surface area contributed by atoms with Crippen LogP contribution in [0.1, 0.15) is 24.0 Å². The highest BCUT2D eigenvalue weighted by Crippen LogP contribution is 2.17. The van der Waals surface area contributed by atoms with Gasteiger partial charge in [0.2, 0.25) is 15.9 Å². The number of carbonyl (C=O) groups is 2. The molecule has 1 atom stereocenters. The Hall–Kier alpha value is -3.20. The van der Waals surface area contributed by atoms with Crippen LogP contribution in [0.3, 0.4) is 0 Å². The Morgan fingerprint density at radius 1 is 0.886 bits per heavy atom. The van der Waals surface area contributed by atoms with E-state index in [1.54, 1.807) is 24.3 Å². The SMILES string of the molecule is COC(=O)CCc1ccc(NC(=O)C(CCc2ccccc2)NS(=O)(=O)c2ccc(Cl)cc2)cc1. The van der Waals surface area contributed by atoms with Crippen LogP contribution in [0.25, 0.3) is 0 Å². The van der Waals surface area contributed by atoms with Crippen molar-refractivity contribution < 1.29 is 22.7 Å². The summed E-state index contributed by atoms with van der Waals surface area (Å²) in [5, 5.41) is 3.20.